The van der Waals surface area contributed by atoms with E-state index in [-0.39, 0.29) is 29.6 Å². The third-order valence-electron chi connectivity index (χ3n) is 6.43. The van der Waals surface area contributed by atoms with Gasteiger partial charge in [0, 0.05) is 38.8 Å². The molecule has 0 spiro atoms. The van der Waals surface area contributed by atoms with Crippen LogP contribution >= 0.6 is 0 Å². The Labute approximate surface area is 196 Å². The molecular weight excluding hydrogens is 425 g/mol. The number of hydrogen-bond acceptors (Lipinski definition) is 5. The summed E-state index contributed by atoms with van der Waals surface area (Å²) < 4.78 is 17.5. The lowest BCUT2D eigenvalue weighted by atomic mass is 9.91. The molecule has 1 atom stereocenters. The molecule has 4 rings (SSSR count). The van der Waals surface area contributed by atoms with Crippen molar-refractivity contribution < 1.29 is 23.8 Å². The van der Waals surface area contributed by atoms with E-state index < -0.39 is 5.60 Å². The number of likely N-dealkylation sites (tertiary alicyclic amines) is 1. The van der Waals surface area contributed by atoms with Crippen LogP contribution in [0.2, 0.25) is 0 Å². The van der Waals surface area contributed by atoms with Gasteiger partial charge >= 0.3 is 6.09 Å². The molecule has 1 aromatic carbocycles. The molecular formula is C25H38FN3O4. The number of phenols is 1. The van der Waals surface area contributed by atoms with Crippen LogP contribution in [0.15, 0.2) is 24.3 Å². The van der Waals surface area contributed by atoms with E-state index in [4.69, 9.17) is 9.84 Å². The smallest absolute Gasteiger partial charge is 0.410 e. The van der Waals surface area contributed by atoms with Crippen molar-refractivity contribution in [2.75, 3.05) is 32.7 Å². The number of hydrogen-bond donors (Lipinski definition) is 1. The highest BCUT2D eigenvalue weighted by Gasteiger charge is 2.39. The first-order valence-corrected chi connectivity index (χ1v) is 12.1. The maximum atomic E-state index is 13.1. The summed E-state index contributed by atoms with van der Waals surface area (Å²) in [5.74, 6) is -0.131. The summed E-state index contributed by atoms with van der Waals surface area (Å²) in [5, 5.41) is 8.59. The van der Waals surface area contributed by atoms with E-state index in [2.05, 4.69) is 4.90 Å². The van der Waals surface area contributed by atoms with Gasteiger partial charge < -0.3 is 14.7 Å². The van der Waals surface area contributed by atoms with E-state index in [9.17, 15) is 14.0 Å². The second-order valence-electron chi connectivity index (χ2n) is 10.1. The highest BCUT2D eigenvalue weighted by atomic mass is 19.1. The maximum absolute atomic E-state index is 13.1. The summed E-state index contributed by atoms with van der Waals surface area (Å²) in [4.78, 5) is 31.7. The van der Waals surface area contributed by atoms with Gasteiger partial charge in [0.2, 0.25) is 5.91 Å². The molecule has 184 valence electrons. The van der Waals surface area contributed by atoms with Gasteiger partial charge in [0.1, 0.15) is 23.2 Å². The number of halogens is 1. The van der Waals surface area contributed by atoms with Gasteiger partial charge in [-0.3, -0.25) is 14.6 Å². The van der Waals surface area contributed by atoms with E-state index in [1.807, 2.05) is 25.7 Å². The number of carbonyl (C=O) groups is 2. The second-order valence-corrected chi connectivity index (χ2v) is 10.1. The maximum Gasteiger partial charge on any atom is 0.410 e. The van der Waals surface area contributed by atoms with Crippen LogP contribution in [0, 0.1) is 5.82 Å². The van der Waals surface area contributed by atoms with E-state index in [1.54, 1.807) is 4.90 Å². The fraction of sp³-hybridized carbons (Fsp3) is 0.680. The standard InChI is InChI=1S/C19H33N3O3.C6H5FO/c1-19(2,3)25-18(24)22-12-5-9-16(22)17(23)21-11-6-10-20(13-14-21)15-7-4-8-15;7-5-1-3-6(8)4-2-5/h15-16H,4-14H2,1-3H3;1-4,8H/t16-;/m1./s1. The predicted molar refractivity (Wildman–Crippen MR) is 124 cm³/mol. The number of ether oxygens (including phenoxy) is 1. The molecule has 0 bridgehead atoms. The highest BCUT2D eigenvalue weighted by molar-refractivity contribution is 5.86. The normalized spacial score (nSPS) is 22.1. The fourth-order valence-corrected chi connectivity index (χ4v) is 4.49. The molecule has 2 amide bonds. The van der Waals surface area contributed by atoms with Crippen LogP contribution in [0.25, 0.3) is 0 Å². The topological polar surface area (TPSA) is 73.3 Å². The highest BCUT2D eigenvalue weighted by Crippen LogP contribution is 2.27. The zero-order chi connectivity index (χ0) is 24.0. The monoisotopic (exact) mass is 463 g/mol. The molecule has 2 heterocycles. The van der Waals surface area contributed by atoms with Crippen LogP contribution in [0.5, 0.6) is 5.75 Å². The molecule has 3 fully saturated rings. The first-order chi connectivity index (χ1) is 15.6. The largest absolute Gasteiger partial charge is 0.508 e. The van der Waals surface area contributed by atoms with Crippen molar-refractivity contribution >= 4 is 12.0 Å². The van der Waals surface area contributed by atoms with Gasteiger partial charge in [-0.2, -0.15) is 0 Å². The zero-order valence-corrected chi connectivity index (χ0v) is 20.1. The summed E-state index contributed by atoms with van der Waals surface area (Å²) in [7, 11) is 0. The Bertz CT molecular complexity index is 771. The molecule has 7 nitrogen and oxygen atoms in total. The molecule has 0 aromatic heterocycles. The summed E-state index contributed by atoms with van der Waals surface area (Å²) in [6.45, 7) is 9.86. The number of benzene rings is 1. The van der Waals surface area contributed by atoms with Crippen molar-refractivity contribution in [2.24, 2.45) is 0 Å². The van der Waals surface area contributed by atoms with Crippen LogP contribution in [-0.4, -0.2) is 82.2 Å². The molecule has 8 heteroatoms. The van der Waals surface area contributed by atoms with Crippen LogP contribution in [-0.2, 0) is 9.53 Å². The number of carbonyl (C=O) groups excluding carboxylic acids is 2. The third kappa shape index (κ3) is 7.32. The molecule has 2 aliphatic heterocycles. The quantitative estimate of drug-likeness (QED) is 0.718. The van der Waals surface area contributed by atoms with Gasteiger partial charge in [-0.05, 0) is 77.1 Å². The van der Waals surface area contributed by atoms with Gasteiger partial charge in [-0.25, -0.2) is 9.18 Å². The molecule has 1 aliphatic carbocycles. The number of aromatic hydroxyl groups is 1. The van der Waals surface area contributed by atoms with Gasteiger partial charge in [0.25, 0.3) is 0 Å². The van der Waals surface area contributed by atoms with Crippen molar-refractivity contribution in [3.05, 3.63) is 30.1 Å². The summed E-state index contributed by atoms with van der Waals surface area (Å²) >= 11 is 0. The fourth-order valence-electron chi connectivity index (χ4n) is 4.49. The zero-order valence-electron chi connectivity index (χ0n) is 20.1. The van der Waals surface area contributed by atoms with Crippen molar-refractivity contribution in [3.8, 4) is 5.75 Å². The minimum Gasteiger partial charge on any atom is -0.508 e. The van der Waals surface area contributed by atoms with E-state index in [0.29, 0.717) is 6.54 Å². The molecule has 1 aromatic rings. The van der Waals surface area contributed by atoms with Crippen LogP contribution in [0.1, 0.15) is 59.3 Å². The molecule has 1 N–H and O–H groups in total. The van der Waals surface area contributed by atoms with Crippen molar-refractivity contribution in [1.29, 1.82) is 0 Å². The number of phenolic OH excluding ortho intramolecular Hbond substituents is 1. The number of amides is 2. The van der Waals surface area contributed by atoms with Crippen LogP contribution in [0.3, 0.4) is 0 Å². The number of nitrogens with zero attached hydrogens (tertiary/aromatic N) is 3. The lowest BCUT2D eigenvalue weighted by molar-refractivity contribution is -0.135. The number of rotatable bonds is 2. The van der Waals surface area contributed by atoms with Gasteiger partial charge in [0.05, 0.1) is 0 Å². The summed E-state index contributed by atoms with van der Waals surface area (Å²) in [6.07, 6.45) is 6.26. The van der Waals surface area contributed by atoms with Gasteiger partial charge in [-0.15, -0.1) is 0 Å². The Morgan fingerprint density at radius 3 is 2.21 bits per heavy atom. The first-order valence-electron chi connectivity index (χ1n) is 12.1. The van der Waals surface area contributed by atoms with E-state index in [1.165, 1.54) is 43.5 Å². The minimum atomic E-state index is -0.529. The van der Waals surface area contributed by atoms with Crippen LogP contribution < -0.4 is 0 Å². The molecule has 2 saturated heterocycles. The Kier molecular flexibility index (Phi) is 8.57. The third-order valence-corrected chi connectivity index (χ3v) is 6.43. The van der Waals surface area contributed by atoms with Gasteiger partial charge in [-0.1, -0.05) is 6.42 Å². The van der Waals surface area contributed by atoms with Crippen LogP contribution in [0.4, 0.5) is 9.18 Å². The van der Waals surface area contributed by atoms with Crippen molar-refractivity contribution in [1.82, 2.24) is 14.7 Å². The first kappa shape index (κ1) is 25.3. The Morgan fingerprint density at radius 1 is 0.939 bits per heavy atom. The summed E-state index contributed by atoms with van der Waals surface area (Å²) in [5.41, 5.74) is -0.529. The van der Waals surface area contributed by atoms with Crippen molar-refractivity contribution in [3.63, 3.8) is 0 Å². The minimum absolute atomic E-state index is 0.0893. The SMILES string of the molecule is CC(C)(C)OC(=O)N1CCC[C@@H]1C(=O)N1CCCN(C2CCC2)CC1.Oc1ccc(F)cc1. The molecule has 33 heavy (non-hydrogen) atoms. The Hall–Kier alpha value is -2.35. The molecule has 1 saturated carbocycles. The molecule has 0 radical (unpaired) electrons. The Balaban J connectivity index is 0.000000323. The average Bonchev–Trinajstić information content (AvgIpc) is 3.08. The lowest BCUT2D eigenvalue weighted by Gasteiger charge is -2.37. The Morgan fingerprint density at radius 2 is 1.64 bits per heavy atom. The van der Waals surface area contributed by atoms with E-state index >= 15 is 0 Å². The van der Waals surface area contributed by atoms with Crippen molar-refractivity contribution in [2.45, 2.75) is 77.0 Å². The van der Waals surface area contributed by atoms with Gasteiger partial charge in [0.15, 0.2) is 0 Å². The second kappa shape index (κ2) is 11.2. The molecule has 3 aliphatic rings. The predicted octanol–water partition coefficient (Wildman–Crippen LogP) is 4.00. The van der Waals surface area contributed by atoms with E-state index in [0.717, 1.165) is 51.5 Å². The molecule has 0 unspecified atom stereocenters. The summed E-state index contributed by atoms with van der Waals surface area (Å²) in [6, 6.07) is 5.40. The lowest BCUT2D eigenvalue weighted by Crippen LogP contribution is -2.50. The average molecular weight is 464 g/mol.